The SMILES string of the molecule is O=CNCC(=O)N[C@@H](CC(=O)O)C(=O)O. The van der Waals surface area contributed by atoms with E-state index in [2.05, 4.69) is 0 Å². The lowest BCUT2D eigenvalue weighted by Crippen LogP contribution is -2.45. The van der Waals surface area contributed by atoms with Crippen LogP contribution >= 0.6 is 0 Å². The number of hydrogen-bond acceptors (Lipinski definition) is 4. The van der Waals surface area contributed by atoms with Crippen LogP contribution in [0.15, 0.2) is 0 Å². The van der Waals surface area contributed by atoms with Gasteiger partial charge in [0.1, 0.15) is 6.04 Å². The Morgan fingerprint density at radius 1 is 1.27 bits per heavy atom. The summed E-state index contributed by atoms with van der Waals surface area (Å²) in [6, 6.07) is -1.50. The molecule has 0 saturated carbocycles. The second-order valence-electron chi connectivity index (χ2n) is 2.55. The quantitative estimate of drug-likeness (QED) is 0.357. The highest BCUT2D eigenvalue weighted by Crippen LogP contribution is 1.92. The van der Waals surface area contributed by atoms with Gasteiger partial charge in [-0.3, -0.25) is 14.4 Å². The number of hydrogen-bond donors (Lipinski definition) is 4. The molecule has 0 fully saturated rings. The molecule has 8 heteroatoms. The molecule has 0 aromatic heterocycles. The van der Waals surface area contributed by atoms with Crippen LogP contribution in [-0.4, -0.2) is 47.1 Å². The Labute approximate surface area is 84.3 Å². The van der Waals surface area contributed by atoms with Gasteiger partial charge in [-0.2, -0.15) is 0 Å². The number of carbonyl (C=O) groups excluding carboxylic acids is 2. The van der Waals surface area contributed by atoms with Gasteiger partial charge < -0.3 is 20.8 Å². The van der Waals surface area contributed by atoms with Crippen LogP contribution in [0.5, 0.6) is 0 Å². The van der Waals surface area contributed by atoms with E-state index < -0.39 is 36.9 Å². The molecule has 8 nitrogen and oxygen atoms in total. The van der Waals surface area contributed by atoms with Gasteiger partial charge in [0, 0.05) is 0 Å². The van der Waals surface area contributed by atoms with Gasteiger partial charge >= 0.3 is 11.9 Å². The summed E-state index contributed by atoms with van der Waals surface area (Å²) in [5.74, 6) is -3.56. The topological polar surface area (TPSA) is 133 Å². The molecule has 0 aromatic carbocycles. The first-order chi connectivity index (χ1) is 6.97. The Bertz CT molecular complexity index is 277. The Morgan fingerprint density at radius 3 is 2.27 bits per heavy atom. The van der Waals surface area contributed by atoms with Crippen molar-refractivity contribution in [3.05, 3.63) is 0 Å². The van der Waals surface area contributed by atoms with Crippen LogP contribution in [0.1, 0.15) is 6.42 Å². The fourth-order valence-electron chi connectivity index (χ4n) is 0.754. The smallest absolute Gasteiger partial charge is 0.326 e. The van der Waals surface area contributed by atoms with E-state index in [0.29, 0.717) is 0 Å². The van der Waals surface area contributed by atoms with Crippen molar-refractivity contribution in [1.82, 2.24) is 10.6 Å². The predicted molar refractivity (Wildman–Crippen MR) is 45.9 cm³/mol. The summed E-state index contributed by atoms with van der Waals surface area (Å²) in [7, 11) is 0. The highest BCUT2D eigenvalue weighted by molar-refractivity contribution is 5.88. The highest BCUT2D eigenvalue weighted by Gasteiger charge is 2.22. The highest BCUT2D eigenvalue weighted by atomic mass is 16.4. The van der Waals surface area contributed by atoms with Gasteiger partial charge in [0.2, 0.25) is 12.3 Å². The number of aliphatic carboxylic acids is 2. The third-order valence-corrected chi connectivity index (χ3v) is 1.36. The molecule has 1 atom stereocenters. The van der Waals surface area contributed by atoms with Crippen molar-refractivity contribution in [2.45, 2.75) is 12.5 Å². The fraction of sp³-hybridized carbons (Fsp3) is 0.429. The first-order valence-electron chi connectivity index (χ1n) is 3.88. The van der Waals surface area contributed by atoms with Gasteiger partial charge in [-0.05, 0) is 0 Å². The van der Waals surface area contributed by atoms with E-state index in [4.69, 9.17) is 10.2 Å². The normalized spacial score (nSPS) is 11.2. The second kappa shape index (κ2) is 6.35. The lowest BCUT2D eigenvalue weighted by Gasteiger charge is -2.11. The van der Waals surface area contributed by atoms with Crippen molar-refractivity contribution in [2.24, 2.45) is 0 Å². The van der Waals surface area contributed by atoms with Crippen molar-refractivity contribution in [2.75, 3.05) is 6.54 Å². The zero-order valence-corrected chi connectivity index (χ0v) is 7.60. The molecule has 0 aliphatic rings. The van der Waals surface area contributed by atoms with E-state index in [1.807, 2.05) is 10.6 Å². The monoisotopic (exact) mass is 218 g/mol. The van der Waals surface area contributed by atoms with Crippen molar-refractivity contribution in [3.63, 3.8) is 0 Å². The van der Waals surface area contributed by atoms with Crippen LogP contribution in [0.3, 0.4) is 0 Å². The van der Waals surface area contributed by atoms with Crippen LogP contribution in [0.4, 0.5) is 0 Å². The minimum Gasteiger partial charge on any atom is -0.481 e. The van der Waals surface area contributed by atoms with Gasteiger partial charge in [-0.1, -0.05) is 0 Å². The predicted octanol–water partition coefficient (Wildman–Crippen LogP) is -2.22. The first-order valence-corrected chi connectivity index (χ1v) is 3.88. The Balaban J connectivity index is 4.16. The third kappa shape index (κ3) is 6.02. The van der Waals surface area contributed by atoms with Crippen molar-refractivity contribution >= 4 is 24.3 Å². The fourth-order valence-corrected chi connectivity index (χ4v) is 0.754. The first kappa shape index (κ1) is 12.9. The van der Waals surface area contributed by atoms with Crippen LogP contribution in [0.2, 0.25) is 0 Å². The van der Waals surface area contributed by atoms with Crippen molar-refractivity contribution in [3.8, 4) is 0 Å². The third-order valence-electron chi connectivity index (χ3n) is 1.36. The lowest BCUT2D eigenvalue weighted by atomic mass is 10.2. The second-order valence-corrected chi connectivity index (χ2v) is 2.55. The molecule has 0 unspecified atom stereocenters. The Morgan fingerprint density at radius 2 is 1.87 bits per heavy atom. The van der Waals surface area contributed by atoms with Gasteiger partial charge in [-0.25, -0.2) is 4.79 Å². The molecule has 0 heterocycles. The van der Waals surface area contributed by atoms with Crippen LogP contribution in [0, 0.1) is 0 Å². The molecule has 0 radical (unpaired) electrons. The molecule has 4 N–H and O–H groups in total. The number of rotatable bonds is 7. The Kier molecular flexibility index (Phi) is 5.45. The number of amides is 2. The number of carboxylic acids is 2. The molecule has 0 saturated heterocycles. The number of nitrogens with one attached hydrogen (secondary N) is 2. The molecule has 0 spiro atoms. The largest absolute Gasteiger partial charge is 0.481 e. The average Bonchev–Trinajstić information content (AvgIpc) is 2.12. The maximum Gasteiger partial charge on any atom is 0.326 e. The van der Waals surface area contributed by atoms with Gasteiger partial charge in [0.25, 0.3) is 0 Å². The summed E-state index contributed by atoms with van der Waals surface area (Å²) < 4.78 is 0. The molecule has 0 aliphatic heterocycles. The molecule has 0 bridgehead atoms. The average molecular weight is 218 g/mol. The van der Waals surface area contributed by atoms with Crippen LogP contribution < -0.4 is 10.6 Å². The summed E-state index contributed by atoms with van der Waals surface area (Å²) >= 11 is 0. The standard InChI is InChI=1S/C7H10N2O6/c10-3-8-2-5(11)9-4(7(14)15)1-6(12)13/h3-4H,1-2H2,(H,8,10)(H,9,11)(H,12,13)(H,14,15)/t4-/m0/s1. The summed E-state index contributed by atoms with van der Waals surface area (Å²) in [6.07, 6.45) is -0.450. The molecule has 0 aromatic rings. The Hall–Kier alpha value is -2.12. The van der Waals surface area contributed by atoms with Crippen LogP contribution in [0.25, 0.3) is 0 Å². The van der Waals surface area contributed by atoms with Gasteiger partial charge in [0.15, 0.2) is 0 Å². The molecular formula is C7H10N2O6. The van der Waals surface area contributed by atoms with E-state index in [1.165, 1.54) is 0 Å². The van der Waals surface area contributed by atoms with E-state index in [0.717, 1.165) is 0 Å². The molecule has 15 heavy (non-hydrogen) atoms. The minimum absolute atomic E-state index is 0.270. The molecule has 0 aliphatic carbocycles. The van der Waals surface area contributed by atoms with E-state index in [-0.39, 0.29) is 6.41 Å². The zero-order chi connectivity index (χ0) is 11.8. The van der Waals surface area contributed by atoms with E-state index in [1.54, 1.807) is 0 Å². The zero-order valence-electron chi connectivity index (χ0n) is 7.60. The summed E-state index contributed by atoms with van der Waals surface area (Å²) in [4.78, 5) is 41.4. The van der Waals surface area contributed by atoms with Crippen molar-refractivity contribution < 1.29 is 29.4 Å². The minimum atomic E-state index is -1.50. The number of carbonyl (C=O) groups is 4. The molecule has 2 amide bonds. The molecule has 84 valence electrons. The summed E-state index contributed by atoms with van der Waals surface area (Å²) in [5.41, 5.74) is 0. The summed E-state index contributed by atoms with van der Waals surface area (Å²) in [6.45, 7) is -0.396. The van der Waals surface area contributed by atoms with Crippen molar-refractivity contribution in [1.29, 1.82) is 0 Å². The van der Waals surface area contributed by atoms with Gasteiger partial charge in [0.05, 0.1) is 13.0 Å². The summed E-state index contributed by atoms with van der Waals surface area (Å²) in [5, 5.41) is 20.8. The van der Waals surface area contributed by atoms with Crippen LogP contribution in [-0.2, 0) is 19.2 Å². The molecule has 0 rings (SSSR count). The lowest BCUT2D eigenvalue weighted by molar-refractivity contribution is -0.147. The maximum atomic E-state index is 10.9. The van der Waals surface area contributed by atoms with Gasteiger partial charge in [-0.15, -0.1) is 0 Å². The van der Waals surface area contributed by atoms with E-state index >= 15 is 0 Å². The van der Waals surface area contributed by atoms with E-state index in [9.17, 15) is 19.2 Å². The maximum absolute atomic E-state index is 10.9. The number of carboxylic acid groups (broad SMARTS) is 2. The molecular weight excluding hydrogens is 208 g/mol.